The van der Waals surface area contributed by atoms with E-state index in [0.717, 1.165) is 38.4 Å². The van der Waals surface area contributed by atoms with Gasteiger partial charge < -0.3 is 10.2 Å². The predicted molar refractivity (Wildman–Crippen MR) is 93.2 cm³/mol. The Kier molecular flexibility index (Phi) is 5.55. The second-order valence-corrected chi connectivity index (χ2v) is 7.13. The van der Waals surface area contributed by atoms with Gasteiger partial charge in [-0.25, -0.2) is 4.79 Å². The summed E-state index contributed by atoms with van der Waals surface area (Å²) in [6.45, 7) is 8.26. The molecular formula is C19H29N3O. The summed E-state index contributed by atoms with van der Waals surface area (Å²) in [5.74, 6) is 0.882. The van der Waals surface area contributed by atoms with Crippen LogP contribution in [-0.4, -0.2) is 42.0 Å². The van der Waals surface area contributed by atoms with Gasteiger partial charge in [-0.2, -0.15) is 0 Å². The molecule has 1 aromatic carbocycles. The van der Waals surface area contributed by atoms with Gasteiger partial charge in [-0.15, -0.1) is 0 Å². The third-order valence-electron chi connectivity index (χ3n) is 5.14. The Morgan fingerprint density at radius 1 is 1.04 bits per heavy atom. The number of benzene rings is 1. The highest BCUT2D eigenvalue weighted by atomic mass is 16.2. The van der Waals surface area contributed by atoms with Gasteiger partial charge in [-0.3, -0.25) is 4.90 Å². The molecule has 1 N–H and O–H groups in total. The molecule has 0 saturated carbocycles. The minimum atomic E-state index is 0.0778. The quantitative estimate of drug-likeness (QED) is 0.926. The molecule has 2 amide bonds. The maximum atomic E-state index is 12.0. The van der Waals surface area contributed by atoms with E-state index in [0.29, 0.717) is 6.54 Å². The number of nitrogens with zero attached hydrogens (tertiary/aromatic N) is 2. The van der Waals surface area contributed by atoms with Crippen molar-refractivity contribution in [1.82, 2.24) is 15.1 Å². The zero-order chi connectivity index (χ0) is 16.1. The first-order valence-corrected chi connectivity index (χ1v) is 9.03. The van der Waals surface area contributed by atoms with Crippen LogP contribution < -0.4 is 5.32 Å². The lowest BCUT2D eigenvalue weighted by atomic mass is 9.99. The van der Waals surface area contributed by atoms with Gasteiger partial charge in [-0.1, -0.05) is 31.2 Å². The van der Waals surface area contributed by atoms with Crippen LogP contribution >= 0.6 is 0 Å². The van der Waals surface area contributed by atoms with E-state index in [-0.39, 0.29) is 6.03 Å². The summed E-state index contributed by atoms with van der Waals surface area (Å²) in [6.07, 6.45) is 4.91. The Morgan fingerprint density at radius 3 is 2.30 bits per heavy atom. The topological polar surface area (TPSA) is 35.6 Å². The lowest BCUT2D eigenvalue weighted by molar-refractivity contribution is 0.185. The first-order chi connectivity index (χ1) is 11.2. The summed E-state index contributed by atoms with van der Waals surface area (Å²) in [5.41, 5.74) is 2.54. The third kappa shape index (κ3) is 4.71. The molecule has 2 heterocycles. The Bertz CT molecular complexity index is 500. The van der Waals surface area contributed by atoms with E-state index < -0.39 is 0 Å². The number of carbonyl (C=O) groups excluding carboxylic acids is 1. The SMILES string of the molecule is CC1CCN(Cc2ccc(CNC(=O)N3CCCC3)cc2)CC1. The number of hydrogen-bond acceptors (Lipinski definition) is 2. The molecule has 0 unspecified atom stereocenters. The summed E-state index contributed by atoms with van der Waals surface area (Å²) in [6, 6.07) is 8.78. The summed E-state index contributed by atoms with van der Waals surface area (Å²) in [7, 11) is 0. The molecule has 0 atom stereocenters. The van der Waals surface area contributed by atoms with E-state index in [1.54, 1.807) is 0 Å². The largest absolute Gasteiger partial charge is 0.334 e. The molecule has 3 rings (SSSR count). The molecule has 0 bridgehead atoms. The van der Waals surface area contributed by atoms with E-state index in [2.05, 4.69) is 41.4 Å². The minimum Gasteiger partial charge on any atom is -0.334 e. The molecule has 2 aliphatic heterocycles. The molecule has 2 saturated heterocycles. The monoisotopic (exact) mass is 315 g/mol. The maximum absolute atomic E-state index is 12.0. The lowest BCUT2D eigenvalue weighted by Crippen LogP contribution is -2.37. The fourth-order valence-corrected chi connectivity index (χ4v) is 3.45. The van der Waals surface area contributed by atoms with Gasteiger partial charge in [0.05, 0.1) is 0 Å². The molecule has 4 nitrogen and oxygen atoms in total. The lowest BCUT2D eigenvalue weighted by Gasteiger charge is -2.30. The predicted octanol–water partition coefficient (Wildman–Crippen LogP) is 3.22. The Morgan fingerprint density at radius 2 is 1.65 bits per heavy atom. The van der Waals surface area contributed by atoms with Crippen molar-refractivity contribution >= 4 is 6.03 Å². The van der Waals surface area contributed by atoms with Gasteiger partial charge >= 0.3 is 6.03 Å². The number of carbonyl (C=O) groups is 1. The first kappa shape index (κ1) is 16.3. The Balaban J connectivity index is 1.44. The van der Waals surface area contributed by atoms with E-state index in [4.69, 9.17) is 0 Å². The van der Waals surface area contributed by atoms with Crippen molar-refractivity contribution in [3.63, 3.8) is 0 Å². The van der Waals surface area contributed by atoms with Crippen LogP contribution in [0, 0.1) is 5.92 Å². The fraction of sp³-hybridized carbons (Fsp3) is 0.632. The van der Waals surface area contributed by atoms with Gasteiger partial charge in [0.1, 0.15) is 0 Å². The van der Waals surface area contributed by atoms with Crippen molar-refractivity contribution in [3.8, 4) is 0 Å². The van der Waals surface area contributed by atoms with Crippen molar-refractivity contribution in [1.29, 1.82) is 0 Å². The highest BCUT2D eigenvalue weighted by Gasteiger charge is 2.17. The van der Waals surface area contributed by atoms with Crippen LogP contribution in [0.5, 0.6) is 0 Å². The summed E-state index contributed by atoms with van der Waals surface area (Å²) in [4.78, 5) is 16.4. The average molecular weight is 315 g/mol. The molecule has 0 aromatic heterocycles. The second kappa shape index (κ2) is 7.82. The van der Waals surface area contributed by atoms with Crippen LogP contribution in [0.4, 0.5) is 4.79 Å². The fourth-order valence-electron chi connectivity index (χ4n) is 3.45. The van der Waals surface area contributed by atoms with Crippen LogP contribution in [0.1, 0.15) is 43.7 Å². The van der Waals surface area contributed by atoms with Gasteiger partial charge in [0.25, 0.3) is 0 Å². The number of rotatable bonds is 4. The minimum absolute atomic E-state index is 0.0778. The summed E-state index contributed by atoms with van der Waals surface area (Å²) in [5, 5.41) is 3.02. The summed E-state index contributed by atoms with van der Waals surface area (Å²) < 4.78 is 0. The maximum Gasteiger partial charge on any atom is 0.317 e. The van der Waals surface area contributed by atoms with Crippen molar-refractivity contribution < 1.29 is 4.79 Å². The van der Waals surface area contributed by atoms with Crippen LogP contribution in [0.25, 0.3) is 0 Å². The number of piperidine rings is 1. The van der Waals surface area contributed by atoms with Crippen molar-refractivity contribution in [2.45, 2.75) is 45.7 Å². The number of hydrogen-bond donors (Lipinski definition) is 1. The smallest absolute Gasteiger partial charge is 0.317 e. The first-order valence-electron chi connectivity index (χ1n) is 9.03. The van der Waals surface area contributed by atoms with Crippen LogP contribution in [0.15, 0.2) is 24.3 Å². The molecule has 2 fully saturated rings. The number of likely N-dealkylation sites (tertiary alicyclic amines) is 2. The number of nitrogens with one attached hydrogen (secondary N) is 1. The van der Waals surface area contributed by atoms with Crippen molar-refractivity contribution in [2.24, 2.45) is 5.92 Å². The zero-order valence-corrected chi connectivity index (χ0v) is 14.3. The third-order valence-corrected chi connectivity index (χ3v) is 5.14. The van der Waals surface area contributed by atoms with E-state index in [9.17, 15) is 4.79 Å². The standard InChI is InChI=1S/C19H29N3O/c1-16-8-12-21(13-9-16)15-18-6-4-17(5-7-18)14-20-19(23)22-10-2-3-11-22/h4-7,16H,2-3,8-15H2,1H3,(H,20,23). The van der Waals surface area contributed by atoms with E-state index in [1.165, 1.54) is 37.1 Å². The van der Waals surface area contributed by atoms with Crippen LogP contribution in [-0.2, 0) is 13.1 Å². The van der Waals surface area contributed by atoms with Gasteiger partial charge in [0.15, 0.2) is 0 Å². The highest BCUT2D eigenvalue weighted by molar-refractivity contribution is 5.74. The normalized spacial score (nSPS) is 20.0. The number of amides is 2. The molecule has 0 radical (unpaired) electrons. The second-order valence-electron chi connectivity index (χ2n) is 7.13. The molecule has 0 aliphatic carbocycles. The van der Waals surface area contributed by atoms with Gasteiger partial charge in [0, 0.05) is 26.2 Å². The van der Waals surface area contributed by atoms with Crippen LogP contribution in [0.2, 0.25) is 0 Å². The van der Waals surface area contributed by atoms with Gasteiger partial charge in [-0.05, 0) is 55.8 Å². The Hall–Kier alpha value is -1.55. The average Bonchev–Trinajstić information content (AvgIpc) is 3.11. The molecule has 126 valence electrons. The van der Waals surface area contributed by atoms with Gasteiger partial charge in [0.2, 0.25) is 0 Å². The number of urea groups is 1. The molecular weight excluding hydrogens is 286 g/mol. The molecule has 1 aromatic rings. The van der Waals surface area contributed by atoms with Crippen molar-refractivity contribution in [2.75, 3.05) is 26.2 Å². The van der Waals surface area contributed by atoms with Crippen LogP contribution in [0.3, 0.4) is 0 Å². The Labute approximate surface area is 139 Å². The van der Waals surface area contributed by atoms with Crippen molar-refractivity contribution in [3.05, 3.63) is 35.4 Å². The zero-order valence-electron chi connectivity index (χ0n) is 14.3. The summed E-state index contributed by atoms with van der Waals surface area (Å²) >= 11 is 0. The van der Waals surface area contributed by atoms with E-state index >= 15 is 0 Å². The van der Waals surface area contributed by atoms with E-state index in [1.807, 2.05) is 4.90 Å². The molecule has 4 heteroatoms. The molecule has 23 heavy (non-hydrogen) atoms. The molecule has 2 aliphatic rings. The highest BCUT2D eigenvalue weighted by Crippen LogP contribution is 2.18. The molecule has 0 spiro atoms.